The Morgan fingerprint density at radius 2 is 1.96 bits per heavy atom. The molecule has 6 rings (SSSR count). The van der Waals surface area contributed by atoms with Crippen molar-refractivity contribution in [2.75, 3.05) is 5.32 Å². The summed E-state index contributed by atoms with van der Waals surface area (Å²) in [4.78, 5) is 17.0. The van der Waals surface area contributed by atoms with Crippen LogP contribution in [-0.2, 0) is 4.79 Å². The molecule has 2 bridgehead atoms. The maximum absolute atomic E-state index is 12.5. The minimum atomic E-state index is -0.0419. The van der Waals surface area contributed by atoms with E-state index in [4.69, 9.17) is 0 Å². The van der Waals surface area contributed by atoms with Crippen molar-refractivity contribution in [1.29, 1.82) is 0 Å². The van der Waals surface area contributed by atoms with Gasteiger partial charge < -0.3 is 5.32 Å². The molecule has 1 amide bonds. The number of carbonyl (C=O) groups is 1. The molecule has 4 heteroatoms. The highest BCUT2D eigenvalue weighted by Gasteiger charge is 2.61. The second kappa shape index (κ2) is 4.90. The van der Waals surface area contributed by atoms with Gasteiger partial charge in [-0.2, -0.15) is 0 Å². The Balaban J connectivity index is 1.44. The zero-order valence-electron chi connectivity index (χ0n) is 13.5. The third kappa shape index (κ3) is 2.09. The van der Waals surface area contributed by atoms with Crippen LogP contribution in [-0.4, -0.2) is 10.9 Å². The molecule has 1 N–H and O–H groups in total. The fraction of sp³-hybridized carbons (Fsp3) is 0.300. The molecule has 0 saturated heterocycles. The van der Waals surface area contributed by atoms with Gasteiger partial charge in [-0.05, 0) is 67.5 Å². The van der Waals surface area contributed by atoms with E-state index in [1.54, 1.807) is 11.3 Å². The number of nitrogens with one attached hydrogen (secondary N) is 1. The van der Waals surface area contributed by atoms with E-state index in [1.807, 2.05) is 19.1 Å². The lowest BCUT2D eigenvalue weighted by Crippen LogP contribution is -2.58. The van der Waals surface area contributed by atoms with Crippen molar-refractivity contribution in [2.45, 2.75) is 26.2 Å². The van der Waals surface area contributed by atoms with E-state index in [0.29, 0.717) is 0 Å². The molecule has 0 aliphatic heterocycles. The lowest BCUT2D eigenvalue weighted by molar-refractivity contribution is -0.158. The van der Waals surface area contributed by atoms with Crippen LogP contribution in [0.25, 0.3) is 21.3 Å². The number of hydrogen-bond acceptors (Lipinski definition) is 3. The predicted octanol–water partition coefficient (Wildman–Crippen LogP) is 5.01. The molecule has 1 aromatic heterocycles. The van der Waals surface area contributed by atoms with E-state index in [1.165, 1.54) is 4.70 Å². The van der Waals surface area contributed by atoms with Crippen LogP contribution in [0.3, 0.4) is 0 Å². The van der Waals surface area contributed by atoms with Crippen molar-refractivity contribution in [3.8, 4) is 11.1 Å². The first-order valence-electron chi connectivity index (χ1n) is 8.40. The number of fused-ring (bicyclic) bond motifs is 1. The van der Waals surface area contributed by atoms with Gasteiger partial charge >= 0.3 is 0 Å². The Morgan fingerprint density at radius 3 is 2.71 bits per heavy atom. The molecule has 120 valence electrons. The number of anilines is 1. The van der Waals surface area contributed by atoms with Crippen LogP contribution in [0.2, 0.25) is 0 Å². The molecule has 3 saturated carbocycles. The van der Waals surface area contributed by atoms with Gasteiger partial charge in [0.05, 0.1) is 20.6 Å². The standard InChI is InChI=1S/C20H18N2OS/c1-12-21-17-6-5-15(8-18(17)24-12)14-3-2-4-16(7-14)22-19(23)20-9-13(10-20)11-20/h2-8,13H,9-11H2,1H3,(H,22,23). The summed E-state index contributed by atoms with van der Waals surface area (Å²) in [7, 11) is 0. The fourth-order valence-corrected chi connectivity index (χ4v) is 4.88. The summed E-state index contributed by atoms with van der Waals surface area (Å²) in [5, 5.41) is 4.21. The first-order valence-corrected chi connectivity index (χ1v) is 9.22. The monoisotopic (exact) mass is 334 g/mol. The average molecular weight is 334 g/mol. The van der Waals surface area contributed by atoms with Gasteiger partial charge in [-0.15, -0.1) is 11.3 Å². The van der Waals surface area contributed by atoms with Crippen LogP contribution in [0.15, 0.2) is 42.5 Å². The molecule has 1 heterocycles. The van der Waals surface area contributed by atoms with Gasteiger partial charge in [-0.25, -0.2) is 4.98 Å². The molecule has 0 spiro atoms. The summed E-state index contributed by atoms with van der Waals surface area (Å²) in [6, 6.07) is 14.5. The Bertz CT molecular complexity index is 958. The SMILES string of the molecule is Cc1nc2ccc(-c3cccc(NC(=O)C45CC(C4)C5)c3)cc2s1. The number of benzene rings is 2. The number of thiazole rings is 1. The molecule has 0 unspecified atom stereocenters. The fourth-order valence-electron chi connectivity index (χ4n) is 4.02. The molecule has 0 atom stereocenters. The molecule has 3 nitrogen and oxygen atoms in total. The van der Waals surface area contributed by atoms with E-state index in [2.05, 4.69) is 40.6 Å². The van der Waals surface area contributed by atoms with Crippen molar-refractivity contribution < 1.29 is 4.79 Å². The van der Waals surface area contributed by atoms with Crippen molar-refractivity contribution >= 4 is 33.1 Å². The molecule has 3 aromatic rings. The number of aryl methyl sites for hydroxylation is 1. The number of aromatic nitrogens is 1. The lowest BCUT2D eigenvalue weighted by atomic mass is 9.44. The van der Waals surface area contributed by atoms with Crippen LogP contribution in [0.5, 0.6) is 0 Å². The number of hydrogen-bond donors (Lipinski definition) is 1. The molecule has 24 heavy (non-hydrogen) atoms. The Morgan fingerprint density at radius 1 is 1.17 bits per heavy atom. The highest BCUT2D eigenvalue weighted by Crippen LogP contribution is 2.64. The van der Waals surface area contributed by atoms with E-state index in [-0.39, 0.29) is 11.3 Å². The summed E-state index contributed by atoms with van der Waals surface area (Å²) in [5.41, 5.74) is 4.18. The summed E-state index contributed by atoms with van der Waals surface area (Å²) >= 11 is 1.71. The van der Waals surface area contributed by atoms with Gasteiger partial charge in [-0.1, -0.05) is 18.2 Å². The van der Waals surface area contributed by atoms with E-state index >= 15 is 0 Å². The van der Waals surface area contributed by atoms with Gasteiger partial charge in [0.1, 0.15) is 0 Å². The summed E-state index contributed by atoms with van der Waals surface area (Å²) in [5.74, 6) is 1.02. The predicted molar refractivity (Wildman–Crippen MR) is 98.2 cm³/mol. The van der Waals surface area contributed by atoms with Crippen molar-refractivity contribution in [3.63, 3.8) is 0 Å². The summed E-state index contributed by atoms with van der Waals surface area (Å²) < 4.78 is 1.20. The van der Waals surface area contributed by atoms with Crippen molar-refractivity contribution in [3.05, 3.63) is 47.5 Å². The number of carbonyl (C=O) groups excluding carboxylic acids is 1. The summed E-state index contributed by atoms with van der Waals surface area (Å²) in [6.45, 7) is 2.03. The maximum atomic E-state index is 12.5. The molecule has 0 radical (unpaired) electrons. The van der Waals surface area contributed by atoms with Gasteiger partial charge in [-0.3, -0.25) is 4.79 Å². The van der Waals surface area contributed by atoms with Crippen LogP contribution in [0.4, 0.5) is 5.69 Å². The number of rotatable bonds is 3. The zero-order chi connectivity index (χ0) is 16.3. The topological polar surface area (TPSA) is 42.0 Å². The largest absolute Gasteiger partial charge is 0.326 e. The van der Waals surface area contributed by atoms with E-state index in [9.17, 15) is 4.79 Å². The second-order valence-electron chi connectivity index (χ2n) is 7.21. The maximum Gasteiger partial charge on any atom is 0.230 e. The Hall–Kier alpha value is -2.20. The molecular formula is C20H18N2OS. The van der Waals surface area contributed by atoms with Crippen molar-refractivity contribution in [1.82, 2.24) is 4.98 Å². The first-order chi connectivity index (χ1) is 11.6. The quantitative estimate of drug-likeness (QED) is 0.731. The van der Waals surface area contributed by atoms with Crippen LogP contribution in [0, 0.1) is 18.3 Å². The highest BCUT2D eigenvalue weighted by atomic mass is 32.1. The van der Waals surface area contributed by atoms with Crippen molar-refractivity contribution in [2.24, 2.45) is 11.3 Å². The van der Waals surface area contributed by atoms with Gasteiger partial charge in [0.2, 0.25) is 5.91 Å². The van der Waals surface area contributed by atoms with Gasteiger partial charge in [0.15, 0.2) is 0 Å². The molecule has 3 fully saturated rings. The van der Waals surface area contributed by atoms with Crippen LogP contribution < -0.4 is 5.32 Å². The second-order valence-corrected chi connectivity index (χ2v) is 8.44. The molecular weight excluding hydrogens is 316 g/mol. The molecule has 3 aliphatic carbocycles. The van der Waals surface area contributed by atoms with Gasteiger partial charge in [0, 0.05) is 5.69 Å². The summed E-state index contributed by atoms with van der Waals surface area (Å²) in [6.07, 6.45) is 3.25. The Labute approximate surface area is 144 Å². The van der Waals surface area contributed by atoms with E-state index in [0.717, 1.165) is 52.5 Å². The average Bonchev–Trinajstić information content (AvgIpc) is 2.83. The van der Waals surface area contributed by atoms with E-state index < -0.39 is 0 Å². The Kier molecular flexibility index (Phi) is 2.89. The number of amides is 1. The minimum absolute atomic E-state index is 0.0419. The van der Waals surface area contributed by atoms with Gasteiger partial charge in [0.25, 0.3) is 0 Å². The first kappa shape index (κ1) is 14.2. The third-order valence-corrected chi connectivity index (χ3v) is 6.40. The highest BCUT2D eigenvalue weighted by molar-refractivity contribution is 7.18. The van der Waals surface area contributed by atoms with Crippen LogP contribution in [0.1, 0.15) is 24.3 Å². The smallest absolute Gasteiger partial charge is 0.230 e. The third-order valence-electron chi connectivity index (χ3n) is 5.47. The molecule has 3 aliphatic rings. The number of nitrogens with zero attached hydrogens (tertiary/aromatic N) is 1. The minimum Gasteiger partial charge on any atom is -0.326 e. The zero-order valence-corrected chi connectivity index (χ0v) is 14.3. The van der Waals surface area contributed by atoms with Crippen LogP contribution >= 0.6 is 11.3 Å². The normalized spacial score (nSPS) is 24.3. The molecule has 2 aromatic carbocycles. The lowest BCUT2D eigenvalue weighted by Gasteiger charge is -2.60.